The molecule has 2 aromatic carbocycles. The SMILES string of the molecule is Cc1c(C(=O)O)ccc2ccccc12.[Cd]. The Balaban J connectivity index is 0.00000112. The molecule has 2 aromatic rings. The third-order valence-corrected chi connectivity index (χ3v) is 2.43. The number of fused-ring (bicyclic) bond motifs is 1. The first-order valence-electron chi connectivity index (χ1n) is 4.42. The van der Waals surface area contributed by atoms with E-state index in [9.17, 15) is 4.79 Å². The summed E-state index contributed by atoms with van der Waals surface area (Å²) in [7, 11) is 0. The molecule has 0 aromatic heterocycles. The number of hydrogen-bond acceptors (Lipinski definition) is 1. The van der Waals surface area contributed by atoms with Crippen LogP contribution in [0.25, 0.3) is 10.8 Å². The van der Waals surface area contributed by atoms with Crippen molar-refractivity contribution in [3.63, 3.8) is 0 Å². The van der Waals surface area contributed by atoms with Crippen LogP contribution in [0.4, 0.5) is 0 Å². The van der Waals surface area contributed by atoms with E-state index in [0.717, 1.165) is 16.3 Å². The van der Waals surface area contributed by atoms with Crippen LogP contribution >= 0.6 is 0 Å². The molecule has 0 aliphatic rings. The minimum Gasteiger partial charge on any atom is -0.478 e. The van der Waals surface area contributed by atoms with Gasteiger partial charge < -0.3 is 5.11 Å². The number of carboxylic acid groups (broad SMARTS) is 1. The van der Waals surface area contributed by atoms with Gasteiger partial charge in [0.15, 0.2) is 0 Å². The van der Waals surface area contributed by atoms with E-state index in [0.29, 0.717) is 5.56 Å². The minimum atomic E-state index is -0.867. The monoisotopic (exact) mass is 300 g/mol. The third-order valence-electron chi connectivity index (χ3n) is 2.43. The van der Waals surface area contributed by atoms with Crippen molar-refractivity contribution in [2.75, 3.05) is 0 Å². The summed E-state index contributed by atoms with van der Waals surface area (Å²) in [5, 5.41) is 11.0. The Hall–Kier alpha value is -0.908. The maximum absolute atomic E-state index is 10.9. The van der Waals surface area contributed by atoms with Gasteiger partial charge in [0.1, 0.15) is 0 Å². The third kappa shape index (κ3) is 2.19. The minimum absolute atomic E-state index is 0. The number of aryl methyl sites for hydroxylation is 1. The van der Waals surface area contributed by atoms with E-state index in [2.05, 4.69) is 0 Å². The van der Waals surface area contributed by atoms with Crippen molar-refractivity contribution in [3.05, 3.63) is 47.5 Å². The first-order chi connectivity index (χ1) is 6.70. The number of rotatable bonds is 1. The van der Waals surface area contributed by atoms with Crippen molar-refractivity contribution in [2.24, 2.45) is 0 Å². The van der Waals surface area contributed by atoms with Gasteiger partial charge in [-0.1, -0.05) is 30.3 Å². The van der Waals surface area contributed by atoms with Gasteiger partial charge in [0.2, 0.25) is 0 Å². The Bertz CT molecular complexity index is 506. The molecule has 0 spiro atoms. The second-order valence-electron chi connectivity index (χ2n) is 3.26. The maximum atomic E-state index is 10.9. The molecule has 0 amide bonds. The van der Waals surface area contributed by atoms with Gasteiger partial charge in [-0.05, 0) is 29.3 Å². The summed E-state index contributed by atoms with van der Waals surface area (Å²) in [6.07, 6.45) is 0. The Labute approximate surface area is 108 Å². The zero-order chi connectivity index (χ0) is 10.1. The van der Waals surface area contributed by atoms with Crippen LogP contribution in [0, 0.1) is 6.92 Å². The number of hydrogen-bond donors (Lipinski definition) is 1. The summed E-state index contributed by atoms with van der Waals surface area (Å²) < 4.78 is 0. The second kappa shape index (κ2) is 4.74. The molecule has 72 valence electrons. The fourth-order valence-electron chi connectivity index (χ4n) is 1.66. The molecule has 0 fully saturated rings. The molecule has 2 nitrogen and oxygen atoms in total. The van der Waals surface area contributed by atoms with Crippen molar-refractivity contribution >= 4 is 16.7 Å². The quantitative estimate of drug-likeness (QED) is 0.822. The van der Waals surface area contributed by atoms with E-state index >= 15 is 0 Å². The molecule has 0 radical (unpaired) electrons. The molecule has 0 saturated carbocycles. The van der Waals surface area contributed by atoms with E-state index in [-0.39, 0.29) is 27.3 Å². The van der Waals surface area contributed by atoms with Gasteiger partial charge in [-0.25, -0.2) is 4.79 Å². The Morgan fingerprint density at radius 1 is 1.13 bits per heavy atom. The van der Waals surface area contributed by atoms with Crippen molar-refractivity contribution in [3.8, 4) is 0 Å². The van der Waals surface area contributed by atoms with E-state index in [1.165, 1.54) is 0 Å². The molecule has 0 saturated heterocycles. The van der Waals surface area contributed by atoms with Gasteiger partial charge in [0, 0.05) is 27.3 Å². The topological polar surface area (TPSA) is 37.3 Å². The molecule has 0 heterocycles. The van der Waals surface area contributed by atoms with Crippen molar-refractivity contribution < 1.29 is 37.2 Å². The van der Waals surface area contributed by atoms with Crippen LogP contribution in [0.2, 0.25) is 0 Å². The summed E-state index contributed by atoms with van der Waals surface area (Å²) >= 11 is 0. The first kappa shape index (κ1) is 12.2. The number of carbonyl (C=O) groups is 1. The molecule has 2 rings (SSSR count). The second-order valence-corrected chi connectivity index (χ2v) is 3.26. The van der Waals surface area contributed by atoms with Gasteiger partial charge in [-0.3, -0.25) is 0 Å². The Morgan fingerprint density at radius 3 is 2.47 bits per heavy atom. The molecule has 0 unspecified atom stereocenters. The Kier molecular flexibility index (Phi) is 3.85. The van der Waals surface area contributed by atoms with Crippen molar-refractivity contribution in [1.82, 2.24) is 0 Å². The Morgan fingerprint density at radius 2 is 1.80 bits per heavy atom. The smallest absolute Gasteiger partial charge is 0.335 e. The fourth-order valence-corrected chi connectivity index (χ4v) is 1.66. The average molecular weight is 299 g/mol. The van der Waals surface area contributed by atoms with Crippen LogP contribution in [0.5, 0.6) is 0 Å². The van der Waals surface area contributed by atoms with Gasteiger partial charge in [-0.2, -0.15) is 0 Å². The van der Waals surface area contributed by atoms with Crippen LogP contribution in [-0.4, -0.2) is 11.1 Å². The number of aromatic carboxylic acids is 1. The van der Waals surface area contributed by atoms with Crippen LogP contribution in [0.3, 0.4) is 0 Å². The molecular formula is C12H10CdO2. The molecule has 0 aliphatic heterocycles. The zero-order valence-corrected chi connectivity index (χ0v) is 12.6. The summed E-state index contributed by atoms with van der Waals surface area (Å²) in [5.41, 5.74) is 1.21. The molecule has 0 bridgehead atoms. The normalized spacial score (nSPS) is 9.67. The molecule has 0 aliphatic carbocycles. The van der Waals surface area contributed by atoms with Crippen LogP contribution in [-0.2, 0) is 27.3 Å². The predicted molar refractivity (Wildman–Crippen MR) is 55.6 cm³/mol. The van der Waals surface area contributed by atoms with Gasteiger partial charge in [-0.15, -0.1) is 0 Å². The molecular weight excluding hydrogens is 289 g/mol. The van der Waals surface area contributed by atoms with E-state index < -0.39 is 5.97 Å². The molecule has 3 heteroatoms. The summed E-state index contributed by atoms with van der Waals surface area (Å²) in [6, 6.07) is 11.3. The van der Waals surface area contributed by atoms with Crippen molar-refractivity contribution in [1.29, 1.82) is 0 Å². The van der Waals surface area contributed by atoms with Crippen LogP contribution in [0.1, 0.15) is 15.9 Å². The average Bonchev–Trinajstić information content (AvgIpc) is 2.18. The summed E-state index contributed by atoms with van der Waals surface area (Å²) in [6.45, 7) is 1.84. The standard InChI is InChI=1S/C12H10O2.Cd/c1-8-10-5-3-2-4-9(10)6-7-11(8)12(13)14;/h2-7H,1H3,(H,13,14);. The van der Waals surface area contributed by atoms with Gasteiger partial charge >= 0.3 is 5.97 Å². The number of benzene rings is 2. The van der Waals surface area contributed by atoms with Gasteiger partial charge in [0.05, 0.1) is 5.56 Å². The molecule has 1 N–H and O–H groups in total. The fraction of sp³-hybridized carbons (Fsp3) is 0.0833. The molecule has 0 atom stereocenters. The molecule has 15 heavy (non-hydrogen) atoms. The number of carboxylic acids is 1. The first-order valence-corrected chi connectivity index (χ1v) is 4.42. The maximum Gasteiger partial charge on any atom is 0.335 e. The zero-order valence-electron chi connectivity index (χ0n) is 8.53. The summed E-state index contributed by atoms with van der Waals surface area (Å²) in [4.78, 5) is 10.9. The van der Waals surface area contributed by atoms with Crippen LogP contribution < -0.4 is 0 Å². The predicted octanol–water partition coefficient (Wildman–Crippen LogP) is 2.84. The van der Waals surface area contributed by atoms with E-state index in [1.54, 1.807) is 6.07 Å². The summed E-state index contributed by atoms with van der Waals surface area (Å²) in [5.74, 6) is -0.867. The largest absolute Gasteiger partial charge is 0.478 e. The van der Waals surface area contributed by atoms with Gasteiger partial charge in [0.25, 0.3) is 0 Å². The van der Waals surface area contributed by atoms with E-state index in [4.69, 9.17) is 5.11 Å². The van der Waals surface area contributed by atoms with Crippen LogP contribution in [0.15, 0.2) is 36.4 Å². The van der Waals surface area contributed by atoms with E-state index in [1.807, 2.05) is 37.3 Å². The van der Waals surface area contributed by atoms with Crippen molar-refractivity contribution in [2.45, 2.75) is 6.92 Å².